The number of carbonyl (C=O) groups is 5. The van der Waals surface area contributed by atoms with Gasteiger partial charge in [0.15, 0.2) is 0 Å². The zero-order valence-corrected chi connectivity index (χ0v) is 18.9. The predicted molar refractivity (Wildman–Crippen MR) is 117 cm³/mol. The van der Waals surface area contributed by atoms with E-state index in [-0.39, 0.29) is 31.3 Å². The Bertz CT molecular complexity index is 799. The number of carbonyl (C=O) groups excluding carboxylic acids is 5. The van der Waals surface area contributed by atoms with Crippen molar-refractivity contribution in [2.24, 2.45) is 5.92 Å². The number of hydrogen-bond acceptors (Lipinski definition) is 6. The summed E-state index contributed by atoms with van der Waals surface area (Å²) in [6, 6.07) is 7.20. The second-order valence-corrected chi connectivity index (χ2v) is 7.39. The van der Waals surface area contributed by atoms with E-state index in [9.17, 15) is 24.0 Å². The summed E-state index contributed by atoms with van der Waals surface area (Å²) in [5.41, 5.74) is 0.808. The molecule has 0 radical (unpaired) electrons. The minimum Gasteiger partial charge on any atom is -0.468 e. The van der Waals surface area contributed by atoms with Crippen molar-refractivity contribution in [2.45, 2.75) is 45.7 Å². The molecule has 0 aliphatic carbocycles. The molecule has 1 aromatic rings. The molecule has 32 heavy (non-hydrogen) atoms. The van der Waals surface area contributed by atoms with Crippen LogP contribution < -0.4 is 21.3 Å². The van der Waals surface area contributed by atoms with E-state index < -0.39 is 35.8 Å². The lowest BCUT2D eigenvalue weighted by Gasteiger charge is -2.26. The van der Waals surface area contributed by atoms with Crippen LogP contribution in [0.4, 0.5) is 0 Å². The van der Waals surface area contributed by atoms with Crippen LogP contribution in [0.15, 0.2) is 30.3 Å². The molecule has 1 rings (SSSR count). The number of ether oxygens (including phenoxy) is 1. The summed E-state index contributed by atoms with van der Waals surface area (Å²) in [5.74, 6) is -2.83. The summed E-state index contributed by atoms with van der Waals surface area (Å²) < 4.78 is 4.52. The zero-order chi connectivity index (χ0) is 24.1. The van der Waals surface area contributed by atoms with Gasteiger partial charge in [-0.3, -0.25) is 24.0 Å². The molecule has 0 spiro atoms. The van der Waals surface area contributed by atoms with Crippen molar-refractivity contribution in [3.05, 3.63) is 35.9 Å². The van der Waals surface area contributed by atoms with E-state index in [0.717, 1.165) is 5.56 Å². The molecule has 4 amide bonds. The first kappa shape index (κ1) is 26.6. The molecule has 3 atom stereocenters. The normalized spacial score (nSPS) is 13.1. The Balaban J connectivity index is 2.97. The average molecular weight is 449 g/mol. The number of nitrogens with one attached hydrogen (secondary N) is 4. The van der Waals surface area contributed by atoms with Crippen molar-refractivity contribution >= 4 is 29.6 Å². The molecule has 0 saturated carbocycles. The summed E-state index contributed by atoms with van der Waals surface area (Å²) in [6.07, 6.45) is 0.782. The summed E-state index contributed by atoms with van der Waals surface area (Å²) >= 11 is 0. The molecular formula is C22H32N4O6. The fraction of sp³-hybridized carbons (Fsp3) is 0.500. The highest BCUT2D eigenvalue weighted by Gasteiger charge is 2.30. The van der Waals surface area contributed by atoms with Crippen LogP contribution in [0.1, 0.15) is 32.8 Å². The Morgan fingerprint density at radius 1 is 0.938 bits per heavy atom. The van der Waals surface area contributed by atoms with E-state index in [1.807, 2.05) is 37.3 Å². The smallest absolute Gasteiger partial charge is 0.325 e. The Labute approximate surface area is 187 Å². The quantitative estimate of drug-likeness (QED) is 0.323. The van der Waals surface area contributed by atoms with Gasteiger partial charge in [0.05, 0.1) is 13.7 Å². The number of esters is 1. The molecule has 0 heterocycles. The molecule has 0 saturated heterocycles. The molecule has 0 fully saturated rings. The summed E-state index contributed by atoms with van der Waals surface area (Å²) in [7, 11) is 1.21. The van der Waals surface area contributed by atoms with Gasteiger partial charge in [0, 0.05) is 13.3 Å². The van der Waals surface area contributed by atoms with Crippen molar-refractivity contribution in [1.82, 2.24) is 21.3 Å². The van der Waals surface area contributed by atoms with Gasteiger partial charge in [-0.1, -0.05) is 50.6 Å². The first-order valence-corrected chi connectivity index (χ1v) is 10.4. The monoisotopic (exact) mass is 448 g/mol. The van der Waals surface area contributed by atoms with E-state index in [2.05, 4.69) is 26.0 Å². The molecule has 0 unspecified atom stereocenters. The third kappa shape index (κ3) is 9.59. The Kier molecular flexibility index (Phi) is 11.5. The number of methoxy groups -OCH3 is 1. The van der Waals surface area contributed by atoms with Crippen LogP contribution >= 0.6 is 0 Å². The highest BCUT2D eigenvalue weighted by atomic mass is 16.5. The Hall–Kier alpha value is -3.43. The summed E-state index contributed by atoms with van der Waals surface area (Å²) in [6.45, 7) is 4.35. The molecule has 0 aliphatic heterocycles. The second-order valence-electron chi connectivity index (χ2n) is 7.39. The van der Waals surface area contributed by atoms with Gasteiger partial charge in [0.2, 0.25) is 23.6 Å². The fourth-order valence-electron chi connectivity index (χ4n) is 2.81. The highest BCUT2D eigenvalue weighted by Crippen LogP contribution is 2.10. The van der Waals surface area contributed by atoms with E-state index in [4.69, 9.17) is 0 Å². The van der Waals surface area contributed by atoms with E-state index in [1.165, 1.54) is 14.0 Å². The van der Waals surface area contributed by atoms with Crippen LogP contribution in [0.3, 0.4) is 0 Å². The summed E-state index contributed by atoms with van der Waals surface area (Å²) in [4.78, 5) is 60.3. The molecule has 0 aliphatic rings. The lowest BCUT2D eigenvalue weighted by molar-refractivity contribution is -0.141. The average Bonchev–Trinajstić information content (AvgIpc) is 2.78. The van der Waals surface area contributed by atoms with Crippen molar-refractivity contribution in [2.75, 3.05) is 20.2 Å². The molecule has 0 bridgehead atoms. The summed E-state index contributed by atoms with van der Waals surface area (Å²) in [5, 5.41) is 10.1. The lowest BCUT2D eigenvalue weighted by atomic mass is 9.97. The third-order valence-corrected chi connectivity index (χ3v) is 4.86. The standard InChI is InChI=1S/C22H32N4O6/c1-5-14(2)20(22(31)24-13-19(29)32-4)26-21(30)17(11-16-9-7-6-8-10-16)25-18(28)12-23-15(3)27/h6-10,14,17,20H,5,11-13H2,1-4H3,(H,23,27)(H,24,31)(H,25,28)(H,26,30)/t14-,17+,20-/m0/s1. The van der Waals surface area contributed by atoms with Crippen LogP contribution in [0, 0.1) is 5.92 Å². The zero-order valence-electron chi connectivity index (χ0n) is 18.9. The topological polar surface area (TPSA) is 143 Å². The molecular weight excluding hydrogens is 416 g/mol. The number of benzene rings is 1. The lowest BCUT2D eigenvalue weighted by Crippen LogP contribution is -2.57. The van der Waals surface area contributed by atoms with E-state index >= 15 is 0 Å². The van der Waals surface area contributed by atoms with Crippen molar-refractivity contribution in [1.29, 1.82) is 0 Å². The van der Waals surface area contributed by atoms with Gasteiger partial charge >= 0.3 is 5.97 Å². The first-order valence-electron chi connectivity index (χ1n) is 10.4. The maximum absolute atomic E-state index is 13.1. The molecule has 10 nitrogen and oxygen atoms in total. The van der Waals surface area contributed by atoms with Crippen LogP contribution in [0.25, 0.3) is 0 Å². The third-order valence-electron chi connectivity index (χ3n) is 4.86. The van der Waals surface area contributed by atoms with Crippen molar-refractivity contribution < 1.29 is 28.7 Å². The molecule has 4 N–H and O–H groups in total. The van der Waals surface area contributed by atoms with Crippen molar-refractivity contribution in [3.63, 3.8) is 0 Å². The predicted octanol–water partition coefficient (Wildman–Crippen LogP) is -0.330. The highest BCUT2D eigenvalue weighted by molar-refractivity contribution is 5.94. The number of amides is 4. The van der Waals surface area contributed by atoms with Crippen molar-refractivity contribution in [3.8, 4) is 0 Å². The van der Waals surface area contributed by atoms with Gasteiger partial charge in [-0.2, -0.15) is 0 Å². The minimum atomic E-state index is -0.973. The SMILES string of the molecule is CC[C@H](C)[C@H](NC(=O)[C@@H](Cc1ccccc1)NC(=O)CNC(C)=O)C(=O)NCC(=O)OC. The maximum Gasteiger partial charge on any atom is 0.325 e. The molecule has 1 aromatic carbocycles. The minimum absolute atomic E-state index is 0.190. The van der Waals surface area contributed by atoms with Gasteiger partial charge in [0.25, 0.3) is 0 Å². The number of rotatable bonds is 12. The Morgan fingerprint density at radius 2 is 1.59 bits per heavy atom. The number of hydrogen-bond donors (Lipinski definition) is 4. The van der Waals surface area contributed by atoms with Gasteiger partial charge in [0.1, 0.15) is 18.6 Å². The van der Waals surface area contributed by atoms with E-state index in [1.54, 1.807) is 6.92 Å². The van der Waals surface area contributed by atoms with Crippen LogP contribution in [0.5, 0.6) is 0 Å². The fourth-order valence-corrected chi connectivity index (χ4v) is 2.81. The van der Waals surface area contributed by atoms with Crippen LogP contribution in [-0.2, 0) is 35.1 Å². The Morgan fingerprint density at radius 3 is 2.16 bits per heavy atom. The second kappa shape index (κ2) is 13.8. The largest absolute Gasteiger partial charge is 0.468 e. The maximum atomic E-state index is 13.1. The van der Waals surface area contributed by atoms with Gasteiger partial charge < -0.3 is 26.0 Å². The van der Waals surface area contributed by atoms with E-state index in [0.29, 0.717) is 6.42 Å². The molecule has 10 heteroatoms. The van der Waals surface area contributed by atoms with Crippen LogP contribution in [-0.4, -0.2) is 61.9 Å². The molecule has 176 valence electrons. The first-order chi connectivity index (χ1) is 15.2. The molecule has 0 aromatic heterocycles. The van der Waals surface area contributed by atoms with Gasteiger partial charge in [-0.05, 0) is 11.5 Å². The van der Waals surface area contributed by atoms with Gasteiger partial charge in [-0.25, -0.2) is 0 Å². The van der Waals surface area contributed by atoms with Gasteiger partial charge in [-0.15, -0.1) is 0 Å². The van der Waals surface area contributed by atoms with Crippen LogP contribution in [0.2, 0.25) is 0 Å².